The van der Waals surface area contributed by atoms with Crippen LogP contribution in [-0.4, -0.2) is 49.0 Å². The van der Waals surface area contributed by atoms with Crippen molar-refractivity contribution in [2.24, 2.45) is 0 Å². The molecule has 166 valence electrons. The Kier molecular flexibility index (Phi) is 6.39. The van der Waals surface area contributed by atoms with Gasteiger partial charge in [0.25, 0.3) is 0 Å². The Hall–Kier alpha value is -3.81. The molecule has 2 heterocycles. The fourth-order valence-corrected chi connectivity index (χ4v) is 3.71. The van der Waals surface area contributed by atoms with E-state index in [0.29, 0.717) is 30.3 Å². The van der Waals surface area contributed by atoms with E-state index in [2.05, 4.69) is 10.3 Å². The minimum atomic E-state index is -0.851. The van der Waals surface area contributed by atoms with Crippen molar-refractivity contribution in [2.75, 3.05) is 20.3 Å². The number of H-pyrrole nitrogens is 1. The monoisotopic (exact) mass is 436 g/mol. The molecule has 0 unspecified atom stereocenters. The molecule has 1 aliphatic rings. The van der Waals surface area contributed by atoms with E-state index < -0.39 is 17.9 Å². The van der Waals surface area contributed by atoms with Crippen LogP contribution in [0.2, 0.25) is 0 Å². The van der Waals surface area contributed by atoms with Gasteiger partial charge in [0.1, 0.15) is 19.3 Å². The number of fused-ring (bicyclic) bond motifs is 2. The number of carbonyl (C=O) groups is 3. The molecule has 32 heavy (non-hydrogen) atoms. The average Bonchev–Trinajstić information content (AvgIpc) is 3.24. The number of rotatable bonds is 8. The number of ketones is 1. The summed E-state index contributed by atoms with van der Waals surface area (Å²) >= 11 is 0. The van der Waals surface area contributed by atoms with Crippen molar-refractivity contribution >= 4 is 28.6 Å². The van der Waals surface area contributed by atoms with Crippen molar-refractivity contribution in [3.05, 3.63) is 59.8 Å². The molecule has 4 rings (SSSR count). The fraction of sp³-hybridized carbons (Fsp3) is 0.292. The summed E-state index contributed by atoms with van der Waals surface area (Å²) in [6, 6.07) is 11.8. The highest BCUT2D eigenvalue weighted by atomic mass is 16.6. The lowest BCUT2D eigenvalue weighted by atomic mass is 10.0. The maximum atomic E-state index is 12.5. The van der Waals surface area contributed by atoms with Gasteiger partial charge in [0, 0.05) is 41.9 Å². The van der Waals surface area contributed by atoms with Gasteiger partial charge in [-0.3, -0.25) is 9.59 Å². The number of para-hydroxylation sites is 1. The predicted molar refractivity (Wildman–Crippen MR) is 117 cm³/mol. The molecule has 0 spiro atoms. The number of Topliss-reactive ketones (excluding diaryl/α,β-unsaturated/α-hetero) is 1. The number of methoxy groups -OCH3 is 1. The molecule has 0 saturated heterocycles. The Balaban J connectivity index is 1.37. The Bertz CT molecular complexity index is 1150. The van der Waals surface area contributed by atoms with Crippen molar-refractivity contribution in [1.82, 2.24) is 10.3 Å². The number of hydrogen-bond acceptors (Lipinski definition) is 6. The smallest absolute Gasteiger partial charge is 0.328 e. The molecule has 0 saturated carbocycles. The number of nitrogens with one attached hydrogen (secondary N) is 2. The van der Waals surface area contributed by atoms with E-state index in [4.69, 9.17) is 14.2 Å². The summed E-state index contributed by atoms with van der Waals surface area (Å²) < 4.78 is 15.8. The number of aromatic nitrogens is 1. The summed E-state index contributed by atoms with van der Waals surface area (Å²) in [4.78, 5) is 40.5. The first-order valence-electron chi connectivity index (χ1n) is 10.4. The van der Waals surface area contributed by atoms with E-state index in [-0.39, 0.29) is 25.0 Å². The third-order valence-electron chi connectivity index (χ3n) is 5.36. The maximum Gasteiger partial charge on any atom is 0.328 e. The molecule has 1 amide bonds. The summed E-state index contributed by atoms with van der Waals surface area (Å²) in [6.45, 7) is 0.902. The number of benzene rings is 2. The normalized spacial score (nSPS) is 13.4. The molecule has 1 aliphatic heterocycles. The number of hydrogen-bond donors (Lipinski definition) is 2. The summed E-state index contributed by atoms with van der Waals surface area (Å²) in [5, 5.41) is 3.68. The SMILES string of the molecule is COC(=O)[C@@H](Cc1c[nH]c2ccccc12)NC(=O)CCC(=O)c1ccc2c(c1)OCCO2. The topological polar surface area (TPSA) is 107 Å². The lowest BCUT2D eigenvalue weighted by Gasteiger charge is -2.18. The van der Waals surface area contributed by atoms with Crippen LogP contribution in [0.1, 0.15) is 28.8 Å². The van der Waals surface area contributed by atoms with Crippen LogP contribution >= 0.6 is 0 Å². The van der Waals surface area contributed by atoms with Gasteiger partial charge in [0.2, 0.25) is 5.91 Å². The van der Waals surface area contributed by atoms with Gasteiger partial charge in [-0.25, -0.2) is 4.79 Å². The highest BCUT2D eigenvalue weighted by molar-refractivity contribution is 5.99. The van der Waals surface area contributed by atoms with E-state index in [1.165, 1.54) is 7.11 Å². The highest BCUT2D eigenvalue weighted by Gasteiger charge is 2.24. The molecule has 0 fully saturated rings. The zero-order valence-electron chi connectivity index (χ0n) is 17.7. The summed E-state index contributed by atoms with van der Waals surface area (Å²) in [6.07, 6.45) is 2.05. The van der Waals surface area contributed by atoms with Crippen molar-refractivity contribution in [1.29, 1.82) is 0 Å². The van der Waals surface area contributed by atoms with Crippen molar-refractivity contribution in [3.8, 4) is 11.5 Å². The van der Waals surface area contributed by atoms with Crippen molar-refractivity contribution < 1.29 is 28.6 Å². The van der Waals surface area contributed by atoms with Crippen LogP contribution in [0.15, 0.2) is 48.7 Å². The molecule has 1 atom stereocenters. The van der Waals surface area contributed by atoms with E-state index in [1.807, 2.05) is 30.5 Å². The minimum absolute atomic E-state index is 0.00640. The summed E-state index contributed by atoms with van der Waals surface area (Å²) in [5.74, 6) is -0.00363. The molecule has 3 aromatic rings. The van der Waals surface area contributed by atoms with E-state index >= 15 is 0 Å². The van der Waals surface area contributed by atoms with E-state index in [9.17, 15) is 14.4 Å². The Morgan fingerprint density at radius 2 is 1.84 bits per heavy atom. The van der Waals surface area contributed by atoms with Crippen LogP contribution in [0.4, 0.5) is 0 Å². The van der Waals surface area contributed by atoms with Gasteiger partial charge in [-0.05, 0) is 29.8 Å². The average molecular weight is 436 g/mol. The fourth-order valence-electron chi connectivity index (χ4n) is 3.71. The second-order valence-electron chi connectivity index (χ2n) is 7.49. The molecule has 2 aromatic carbocycles. The maximum absolute atomic E-state index is 12.5. The van der Waals surface area contributed by atoms with Crippen LogP contribution in [0.5, 0.6) is 11.5 Å². The first-order chi connectivity index (χ1) is 15.5. The van der Waals surface area contributed by atoms with Gasteiger partial charge < -0.3 is 24.5 Å². The first-order valence-corrected chi connectivity index (χ1v) is 10.4. The van der Waals surface area contributed by atoms with Crippen LogP contribution in [0.3, 0.4) is 0 Å². The third kappa shape index (κ3) is 4.74. The van der Waals surface area contributed by atoms with Crippen LogP contribution in [0, 0.1) is 0 Å². The zero-order chi connectivity index (χ0) is 22.5. The van der Waals surface area contributed by atoms with Crippen molar-refractivity contribution in [2.45, 2.75) is 25.3 Å². The number of esters is 1. The quantitative estimate of drug-likeness (QED) is 0.415. The Morgan fingerprint density at radius 1 is 1.06 bits per heavy atom. The zero-order valence-corrected chi connectivity index (χ0v) is 17.7. The Labute approximate surface area is 184 Å². The minimum Gasteiger partial charge on any atom is -0.486 e. The van der Waals surface area contributed by atoms with Gasteiger partial charge in [-0.15, -0.1) is 0 Å². The van der Waals surface area contributed by atoms with Gasteiger partial charge in [-0.1, -0.05) is 18.2 Å². The lowest BCUT2D eigenvalue weighted by molar-refractivity contribution is -0.145. The molecular weight excluding hydrogens is 412 g/mol. The van der Waals surface area contributed by atoms with Gasteiger partial charge >= 0.3 is 5.97 Å². The first kappa shape index (κ1) is 21.4. The van der Waals surface area contributed by atoms with Gasteiger partial charge in [0.15, 0.2) is 17.3 Å². The molecule has 0 radical (unpaired) electrons. The third-order valence-corrected chi connectivity index (χ3v) is 5.36. The molecule has 1 aromatic heterocycles. The van der Waals surface area contributed by atoms with Gasteiger partial charge in [0.05, 0.1) is 7.11 Å². The molecule has 8 nitrogen and oxygen atoms in total. The Morgan fingerprint density at radius 3 is 2.66 bits per heavy atom. The number of ether oxygens (including phenoxy) is 3. The van der Waals surface area contributed by atoms with Crippen LogP contribution < -0.4 is 14.8 Å². The predicted octanol–water partition coefficient (Wildman–Crippen LogP) is 2.80. The second kappa shape index (κ2) is 9.55. The largest absolute Gasteiger partial charge is 0.486 e. The number of amides is 1. The van der Waals surface area contributed by atoms with Crippen LogP contribution in [0.25, 0.3) is 10.9 Å². The molecule has 0 aliphatic carbocycles. The van der Waals surface area contributed by atoms with E-state index in [0.717, 1.165) is 16.5 Å². The molecule has 2 N–H and O–H groups in total. The standard InChI is InChI=1S/C24H24N2O6/c1-30-24(29)19(12-16-14-25-18-5-3-2-4-17(16)18)26-23(28)9-7-20(27)15-6-8-21-22(13-15)32-11-10-31-21/h2-6,8,13-14,19,25H,7,9-12H2,1H3,(H,26,28)/t19-/m1/s1. The second-order valence-corrected chi connectivity index (χ2v) is 7.49. The van der Waals surface area contributed by atoms with Crippen molar-refractivity contribution in [3.63, 3.8) is 0 Å². The number of aromatic amines is 1. The van der Waals surface area contributed by atoms with Gasteiger partial charge in [-0.2, -0.15) is 0 Å². The number of carbonyl (C=O) groups excluding carboxylic acids is 3. The summed E-state index contributed by atoms with van der Waals surface area (Å²) in [5.41, 5.74) is 2.29. The van der Waals surface area contributed by atoms with Crippen LogP contribution in [-0.2, 0) is 20.7 Å². The van der Waals surface area contributed by atoms with E-state index in [1.54, 1.807) is 18.2 Å². The summed E-state index contributed by atoms with van der Waals surface area (Å²) in [7, 11) is 1.28. The molecular formula is C24H24N2O6. The lowest BCUT2D eigenvalue weighted by Crippen LogP contribution is -2.43. The molecule has 0 bridgehead atoms. The molecule has 8 heteroatoms. The highest BCUT2D eigenvalue weighted by Crippen LogP contribution is 2.31.